The quantitative estimate of drug-likeness (QED) is 0.681. The highest BCUT2D eigenvalue weighted by Gasteiger charge is 2.33. The fourth-order valence-electron chi connectivity index (χ4n) is 1.20. The van der Waals surface area contributed by atoms with E-state index >= 15 is 0 Å². The molecule has 80 valence electrons. The van der Waals surface area contributed by atoms with Gasteiger partial charge in [0.05, 0.1) is 0 Å². The van der Waals surface area contributed by atoms with E-state index in [1.165, 1.54) is 11.2 Å². The van der Waals surface area contributed by atoms with Crippen molar-refractivity contribution in [1.29, 1.82) is 0 Å². The van der Waals surface area contributed by atoms with Gasteiger partial charge in [-0.15, -0.1) is 0 Å². The van der Waals surface area contributed by atoms with Crippen LogP contribution in [-0.2, 0) is 14.8 Å². The predicted octanol–water partition coefficient (Wildman–Crippen LogP) is 0.0512. The van der Waals surface area contributed by atoms with E-state index in [1.807, 2.05) is 6.08 Å². The van der Waals surface area contributed by atoms with Crippen molar-refractivity contribution in [1.82, 2.24) is 4.31 Å². The van der Waals surface area contributed by atoms with Crippen LogP contribution in [0.25, 0.3) is 0 Å². The fourth-order valence-corrected chi connectivity index (χ4v) is 2.56. The number of hydrogen-bond donors (Lipinski definition) is 1. The Morgan fingerprint density at radius 3 is 2.57 bits per heavy atom. The van der Waals surface area contributed by atoms with Gasteiger partial charge in [-0.3, -0.25) is 4.79 Å². The minimum Gasteiger partial charge on any atom is -0.480 e. The maximum Gasteiger partial charge on any atom is 0.323 e. The highest BCUT2D eigenvalue weighted by Crippen LogP contribution is 2.12. The third kappa shape index (κ3) is 2.13. The Hall–Kier alpha value is -0.880. The molecule has 0 aromatic rings. The van der Waals surface area contributed by atoms with E-state index in [0.29, 0.717) is 13.0 Å². The summed E-state index contributed by atoms with van der Waals surface area (Å²) in [6, 6.07) is 0. The molecule has 0 radical (unpaired) electrons. The number of rotatable bonds is 3. The second-order valence-corrected chi connectivity index (χ2v) is 5.40. The molecule has 0 amide bonds. The zero-order valence-corrected chi connectivity index (χ0v) is 8.70. The SMILES string of the molecule is CC(C(=O)O)S(=O)(=O)N1CC=CCC1. The summed E-state index contributed by atoms with van der Waals surface area (Å²) in [4.78, 5) is 10.6. The number of carboxylic acid groups (broad SMARTS) is 1. The molecule has 0 bridgehead atoms. The van der Waals surface area contributed by atoms with Gasteiger partial charge in [0, 0.05) is 13.1 Å². The van der Waals surface area contributed by atoms with E-state index in [4.69, 9.17) is 5.11 Å². The minimum absolute atomic E-state index is 0.278. The largest absolute Gasteiger partial charge is 0.480 e. The lowest BCUT2D eigenvalue weighted by Crippen LogP contribution is -2.42. The Morgan fingerprint density at radius 2 is 2.14 bits per heavy atom. The molecule has 0 spiro atoms. The number of sulfonamides is 1. The molecule has 1 N–H and O–H groups in total. The first-order chi connectivity index (χ1) is 6.46. The molecule has 1 atom stereocenters. The molecule has 0 saturated carbocycles. The van der Waals surface area contributed by atoms with Crippen LogP contribution in [0.15, 0.2) is 12.2 Å². The monoisotopic (exact) mass is 219 g/mol. The van der Waals surface area contributed by atoms with Crippen molar-refractivity contribution < 1.29 is 18.3 Å². The predicted molar refractivity (Wildman–Crippen MR) is 51.3 cm³/mol. The summed E-state index contributed by atoms with van der Waals surface area (Å²) in [7, 11) is -3.68. The second kappa shape index (κ2) is 4.10. The van der Waals surface area contributed by atoms with Gasteiger partial charge in [-0.2, -0.15) is 4.31 Å². The average molecular weight is 219 g/mol. The van der Waals surface area contributed by atoms with Crippen LogP contribution in [-0.4, -0.2) is 42.1 Å². The van der Waals surface area contributed by atoms with Crippen molar-refractivity contribution in [2.24, 2.45) is 0 Å². The standard InChI is InChI=1S/C8H13NO4S/c1-7(8(10)11)14(12,13)9-5-3-2-4-6-9/h2-3,7H,4-6H2,1H3,(H,10,11). The van der Waals surface area contributed by atoms with Crippen molar-refractivity contribution in [3.8, 4) is 0 Å². The highest BCUT2D eigenvalue weighted by molar-refractivity contribution is 7.90. The maximum atomic E-state index is 11.6. The smallest absolute Gasteiger partial charge is 0.323 e. The Morgan fingerprint density at radius 1 is 1.50 bits per heavy atom. The summed E-state index contributed by atoms with van der Waals surface area (Å²) in [5.74, 6) is -1.31. The molecule has 1 rings (SSSR count). The van der Waals surface area contributed by atoms with Gasteiger partial charge in [-0.05, 0) is 13.3 Å². The van der Waals surface area contributed by atoms with Crippen molar-refractivity contribution in [3.63, 3.8) is 0 Å². The molecule has 1 unspecified atom stereocenters. The summed E-state index contributed by atoms with van der Waals surface area (Å²) < 4.78 is 24.5. The number of hydrogen-bond acceptors (Lipinski definition) is 3. The van der Waals surface area contributed by atoms with Crippen LogP contribution in [0.1, 0.15) is 13.3 Å². The molecule has 0 fully saturated rings. The lowest BCUT2D eigenvalue weighted by molar-refractivity contribution is -0.136. The first-order valence-corrected chi connectivity index (χ1v) is 5.83. The molecule has 1 aliphatic heterocycles. The van der Waals surface area contributed by atoms with Gasteiger partial charge >= 0.3 is 5.97 Å². The van der Waals surface area contributed by atoms with Crippen molar-refractivity contribution in [3.05, 3.63) is 12.2 Å². The van der Waals surface area contributed by atoms with E-state index in [1.54, 1.807) is 6.08 Å². The first-order valence-electron chi connectivity index (χ1n) is 4.33. The van der Waals surface area contributed by atoms with Crippen molar-refractivity contribution >= 4 is 16.0 Å². The molecule has 1 heterocycles. The van der Waals surface area contributed by atoms with Gasteiger partial charge in [0.2, 0.25) is 10.0 Å². The van der Waals surface area contributed by atoms with Gasteiger partial charge in [0.25, 0.3) is 0 Å². The molecular formula is C8H13NO4S. The number of carbonyl (C=O) groups is 1. The molecule has 1 aliphatic rings. The lowest BCUT2D eigenvalue weighted by atomic mass is 10.3. The van der Waals surface area contributed by atoms with Crippen LogP contribution < -0.4 is 0 Å². The topological polar surface area (TPSA) is 74.7 Å². The van der Waals surface area contributed by atoms with E-state index in [0.717, 1.165) is 0 Å². The van der Waals surface area contributed by atoms with E-state index in [-0.39, 0.29) is 6.54 Å². The second-order valence-electron chi connectivity index (χ2n) is 3.14. The molecule has 0 saturated heterocycles. The third-order valence-corrected chi connectivity index (χ3v) is 4.32. The molecule has 6 heteroatoms. The van der Waals surface area contributed by atoms with Crippen LogP contribution >= 0.6 is 0 Å². The van der Waals surface area contributed by atoms with Crippen LogP contribution in [0.3, 0.4) is 0 Å². The molecule has 0 aliphatic carbocycles. The van der Waals surface area contributed by atoms with E-state index < -0.39 is 21.2 Å². The Labute approximate surface area is 83.1 Å². The van der Waals surface area contributed by atoms with Gasteiger partial charge in [0.15, 0.2) is 5.25 Å². The summed E-state index contributed by atoms with van der Waals surface area (Å²) in [6.07, 6.45) is 4.26. The fraction of sp³-hybridized carbons (Fsp3) is 0.625. The Bertz CT molecular complexity index is 346. The van der Waals surface area contributed by atoms with Gasteiger partial charge in [0.1, 0.15) is 0 Å². The maximum absolute atomic E-state index is 11.6. The van der Waals surface area contributed by atoms with Crippen LogP contribution in [0, 0.1) is 0 Å². The summed E-state index contributed by atoms with van der Waals surface area (Å²) >= 11 is 0. The number of aliphatic carboxylic acids is 1. The molecule has 0 aromatic carbocycles. The Balaban J connectivity index is 2.84. The van der Waals surface area contributed by atoms with Crippen molar-refractivity contribution in [2.45, 2.75) is 18.6 Å². The summed E-state index contributed by atoms with van der Waals surface area (Å²) in [5, 5.41) is 7.26. The van der Waals surface area contributed by atoms with Gasteiger partial charge in [-0.1, -0.05) is 12.2 Å². The van der Waals surface area contributed by atoms with Crippen LogP contribution in [0.2, 0.25) is 0 Å². The highest BCUT2D eigenvalue weighted by atomic mass is 32.2. The van der Waals surface area contributed by atoms with E-state index in [2.05, 4.69) is 0 Å². The van der Waals surface area contributed by atoms with Gasteiger partial charge < -0.3 is 5.11 Å². The first kappa shape index (κ1) is 11.2. The molecule has 5 nitrogen and oxygen atoms in total. The number of nitrogens with zero attached hydrogens (tertiary/aromatic N) is 1. The van der Waals surface area contributed by atoms with E-state index in [9.17, 15) is 13.2 Å². The zero-order valence-electron chi connectivity index (χ0n) is 7.88. The molecular weight excluding hydrogens is 206 g/mol. The van der Waals surface area contributed by atoms with Crippen LogP contribution in [0.5, 0.6) is 0 Å². The van der Waals surface area contributed by atoms with Crippen molar-refractivity contribution in [2.75, 3.05) is 13.1 Å². The molecule has 0 aromatic heterocycles. The summed E-state index contributed by atoms with van der Waals surface area (Å²) in [6.45, 7) is 1.84. The lowest BCUT2D eigenvalue weighted by Gasteiger charge is -2.24. The summed E-state index contributed by atoms with van der Waals surface area (Å²) in [5.41, 5.74) is 0. The average Bonchev–Trinajstić information content (AvgIpc) is 2.18. The Kier molecular flexibility index (Phi) is 3.28. The van der Waals surface area contributed by atoms with Gasteiger partial charge in [-0.25, -0.2) is 8.42 Å². The number of carboxylic acids is 1. The third-order valence-electron chi connectivity index (χ3n) is 2.18. The molecule has 14 heavy (non-hydrogen) atoms. The van der Waals surface area contributed by atoms with Crippen LogP contribution in [0.4, 0.5) is 0 Å². The zero-order chi connectivity index (χ0) is 10.8. The minimum atomic E-state index is -3.68. The normalized spacial score (nSPS) is 20.6.